The third-order valence-electron chi connectivity index (χ3n) is 1.78. The molecule has 2 rings (SSSR count). The highest BCUT2D eigenvalue weighted by Crippen LogP contribution is 2.14. The minimum Gasteiger partial charge on any atom is -0.385 e. The van der Waals surface area contributed by atoms with Crippen molar-refractivity contribution in [1.82, 2.24) is 10.6 Å². The largest absolute Gasteiger partial charge is 0.385 e. The molecule has 10 heavy (non-hydrogen) atoms. The molecule has 0 aromatic carbocycles. The summed E-state index contributed by atoms with van der Waals surface area (Å²) in [6, 6.07) is 0. The van der Waals surface area contributed by atoms with Crippen molar-refractivity contribution in [3.05, 3.63) is 35.8 Å². The first-order valence-corrected chi connectivity index (χ1v) is 3.50. The van der Waals surface area contributed by atoms with Crippen molar-refractivity contribution in [1.29, 1.82) is 0 Å². The third kappa shape index (κ3) is 0.817. The smallest absolute Gasteiger partial charge is 0.0548 e. The van der Waals surface area contributed by atoms with E-state index in [2.05, 4.69) is 22.8 Å². The Labute approximate surface area is 60.3 Å². The molecule has 2 heteroatoms. The third-order valence-corrected chi connectivity index (χ3v) is 1.78. The van der Waals surface area contributed by atoms with Gasteiger partial charge in [-0.25, -0.2) is 0 Å². The molecule has 2 heterocycles. The molecule has 0 fully saturated rings. The van der Waals surface area contributed by atoms with Crippen molar-refractivity contribution in [3.63, 3.8) is 0 Å². The number of hydrogen-bond donors (Lipinski definition) is 2. The minimum atomic E-state index is 0.941. The molecular weight excluding hydrogens is 124 g/mol. The summed E-state index contributed by atoms with van der Waals surface area (Å²) < 4.78 is 0. The van der Waals surface area contributed by atoms with Crippen LogP contribution in [0.15, 0.2) is 35.8 Å². The van der Waals surface area contributed by atoms with Crippen LogP contribution in [-0.4, -0.2) is 6.54 Å². The van der Waals surface area contributed by atoms with E-state index >= 15 is 0 Å². The number of allylic oxidation sites excluding steroid dienone is 3. The first-order chi connectivity index (χ1) is 4.97. The summed E-state index contributed by atoms with van der Waals surface area (Å²) in [7, 11) is 0. The summed E-state index contributed by atoms with van der Waals surface area (Å²) in [6.45, 7) is 0.941. The summed E-state index contributed by atoms with van der Waals surface area (Å²) in [5.74, 6) is 0. The molecule has 0 saturated carbocycles. The van der Waals surface area contributed by atoms with Gasteiger partial charge in [-0.3, -0.25) is 0 Å². The van der Waals surface area contributed by atoms with Crippen LogP contribution < -0.4 is 10.6 Å². The molecule has 0 aliphatic carbocycles. The Morgan fingerprint density at radius 1 is 1.30 bits per heavy atom. The molecule has 0 spiro atoms. The minimum absolute atomic E-state index is 0.941. The number of dihydropyridines is 2. The molecule has 0 saturated heterocycles. The Morgan fingerprint density at radius 3 is 3.20 bits per heavy atom. The van der Waals surface area contributed by atoms with Gasteiger partial charge in [0, 0.05) is 5.70 Å². The molecule has 0 amide bonds. The number of rotatable bonds is 0. The topological polar surface area (TPSA) is 24.1 Å². The van der Waals surface area contributed by atoms with Gasteiger partial charge in [0.25, 0.3) is 0 Å². The lowest BCUT2D eigenvalue weighted by Crippen LogP contribution is -2.24. The summed E-state index contributed by atoms with van der Waals surface area (Å²) >= 11 is 0. The Morgan fingerprint density at radius 2 is 2.30 bits per heavy atom. The quantitative estimate of drug-likeness (QED) is 0.513. The van der Waals surface area contributed by atoms with Crippen molar-refractivity contribution in [2.24, 2.45) is 0 Å². The SMILES string of the molecule is C1=CNC2=C(C=CNC2)C1. The molecule has 0 unspecified atom stereocenters. The van der Waals surface area contributed by atoms with E-state index in [4.69, 9.17) is 0 Å². The van der Waals surface area contributed by atoms with Crippen LogP contribution in [0.3, 0.4) is 0 Å². The molecule has 0 radical (unpaired) electrons. The van der Waals surface area contributed by atoms with Gasteiger partial charge in [-0.1, -0.05) is 6.08 Å². The Hall–Kier alpha value is -1.18. The zero-order valence-electron chi connectivity index (χ0n) is 5.72. The first kappa shape index (κ1) is 5.59. The molecule has 0 atom stereocenters. The second kappa shape index (κ2) is 2.21. The van der Waals surface area contributed by atoms with E-state index in [1.165, 1.54) is 11.3 Å². The molecule has 2 N–H and O–H groups in total. The van der Waals surface area contributed by atoms with Crippen LogP contribution in [0, 0.1) is 0 Å². The molecule has 52 valence electrons. The number of hydrogen-bond acceptors (Lipinski definition) is 2. The van der Waals surface area contributed by atoms with Gasteiger partial charge in [-0.15, -0.1) is 0 Å². The van der Waals surface area contributed by atoms with E-state index in [0.717, 1.165) is 13.0 Å². The summed E-state index contributed by atoms with van der Waals surface area (Å²) in [6.07, 6.45) is 9.32. The maximum atomic E-state index is 3.21. The van der Waals surface area contributed by atoms with Gasteiger partial charge < -0.3 is 10.6 Å². The fourth-order valence-electron chi connectivity index (χ4n) is 1.22. The molecular formula is C8H10N2. The van der Waals surface area contributed by atoms with E-state index < -0.39 is 0 Å². The van der Waals surface area contributed by atoms with Crippen LogP contribution in [0.2, 0.25) is 0 Å². The summed E-state index contributed by atoms with van der Waals surface area (Å²) in [5.41, 5.74) is 2.71. The fourth-order valence-corrected chi connectivity index (χ4v) is 1.22. The van der Waals surface area contributed by atoms with Gasteiger partial charge in [0.05, 0.1) is 6.54 Å². The Bertz CT molecular complexity index is 223. The van der Waals surface area contributed by atoms with E-state index in [1.807, 2.05) is 12.4 Å². The Balaban J connectivity index is 2.25. The molecule has 2 aliphatic heterocycles. The van der Waals surface area contributed by atoms with Gasteiger partial charge in [0.2, 0.25) is 0 Å². The molecule has 0 aromatic rings. The lowest BCUT2D eigenvalue weighted by Gasteiger charge is -2.19. The predicted octanol–water partition coefficient (Wildman–Crippen LogP) is 0.864. The standard InChI is InChI=1S/C8H10N2/c1-2-7-3-5-9-6-8(7)10-4-1/h1,3-5,9-10H,2,6H2. The fraction of sp³-hybridized carbons (Fsp3) is 0.250. The van der Waals surface area contributed by atoms with Crippen molar-refractivity contribution >= 4 is 0 Å². The maximum Gasteiger partial charge on any atom is 0.0548 e. The average Bonchev–Trinajstić information content (AvgIpc) is 2.05. The van der Waals surface area contributed by atoms with Crippen LogP contribution >= 0.6 is 0 Å². The zero-order chi connectivity index (χ0) is 6.81. The highest BCUT2D eigenvalue weighted by molar-refractivity contribution is 5.33. The van der Waals surface area contributed by atoms with Crippen molar-refractivity contribution in [3.8, 4) is 0 Å². The average molecular weight is 134 g/mol. The van der Waals surface area contributed by atoms with Crippen LogP contribution in [0.5, 0.6) is 0 Å². The Kier molecular flexibility index (Phi) is 1.24. The van der Waals surface area contributed by atoms with Gasteiger partial charge in [-0.05, 0) is 30.5 Å². The van der Waals surface area contributed by atoms with Gasteiger partial charge in [0.15, 0.2) is 0 Å². The van der Waals surface area contributed by atoms with E-state index in [1.54, 1.807) is 0 Å². The van der Waals surface area contributed by atoms with Gasteiger partial charge in [0.1, 0.15) is 0 Å². The molecule has 2 aliphatic rings. The molecule has 0 aromatic heterocycles. The van der Waals surface area contributed by atoms with Crippen molar-refractivity contribution < 1.29 is 0 Å². The van der Waals surface area contributed by atoms with Crippen LogP contribution in [0.25, 0.3) is 0 Å². The summed E-state index contributed by atoms with van der Waals surface area (Å²) in [4.78, 5) is 0. The normalized spacial score (nSPS) is 21.6. The molecule has 0 bridgehead atoms. The van der Waals surface area contributed by atoms with Crippen LogP contribution in [-0.2, 0) is 0 Å². The van der Waals surface area contributed by atoms with Gasteiger partial charge in [-0.2, -0.15) is 0 Å². The summed E-state index contributed by atoms with van der Waals surface area (Å²) in [5, 5.41) is 6.36. The van der Waals surface area contributed by atoms with Gasteiger partial charge >= 0.3 is 0 Å². The van der Waals surface area contributed by atoms with Crippen molar-refractivity contribution in [2.75, 3.05) is 6.54 Å². The zero-order valence-corrected chi connectivity index (χ0v) is 5.72. The van der Waals surface area contributed by atoms with E-state index in [9.17, 15) is 0 Å². The number of nitrogens with one attached hydrogen (secondary N) is 2. The predicted molar refractivity (Wildman–Crippen MR) is 41.1 cm³/mol. The second-order valence-electron chi connectivity index (χ2n) is 2.47. The highest BCUT2D eigenvalue weighted by Gasteiger charge is 2.07. The lowest BCUT2D eigenvalue weighted by atomic mass is 10.1. The second-order valence-corrected chi connectivity index (χ2v) is 2.47. The highest BCUT2D eigenvalue weighted by atomic mass is 15.0. The van der Waals surface area contributed by atoms with E-state index in [0.29, 0.717) is 0 Å². The lowest BCUT2D eigenvalue weighted by molar-refractivity contribution is 0.812. The monoisotopic (exact) mass is 134 g/mol. The van der Waals surface area contributed by atoms with Crippen LogP contribution in [0.1, 0.15) is 6.42 Å². The maximum absolute atomic E-state index is 3.21. The van der Waals surface area contributed by atoms with Crippen molar-refractivity contribution in [2.45, 2.75) is 6.42 Å². The van der Waals surface area contributed by atoms with Crippen LogP contribution in [0.4, 0.5) is 0 Å². The molecule has 2 nitrogen and oxygen atoms in total. The first-order valence-electron chi connectivity index (χ1n) is 3.50. The van der Waals surface area contributed by atoms with E-state index in [-0.39, 0.29) is 0 Å².